The van der Waals surface area contributed by atoms with Crippen molar-refractivity contribution in [1.82, 2.24) is 10.2 Å². The zero-order valence-electron chi connectivity index (χ0n) is 15.3. The Kier molecular flexibility index (Phi) is 7.01. The minimum Gasteiger partial charge on any atom is -0.330 e. The highest BCUT2D eigenvalue weighted by molar-refractivity contribution is 9.10. The molecule has 0 saturated carbocycles. The van der Waals surface area contributed by atoms with E-state index in [0.717, 1.165) is 34.9 Å². The summed E-state index contributed by atoms with van der Waals surface area (Å²) in [5, 5.41) is 2.98. The van der Waals surface area contributed by atoms with Gasteiger partial charge in [-0.25, -0.2) is 4.99 Å². The van der Waals surface area contributed by atoms with Crippen molar-refractivity contribution in [3.8, 4) is 0 Å². The summed E-state index contributed by atoms with van der Waals surface area (Å²) in [6.45, 7) is 1.84. The van der Waals surface area contributed by atoms with Crippen LogP contribution in [0.4, 0.5) is 0 Å². The first-order valence-electron chi connectivity index (χ1n) is 9.28. The number of nitrogens with zero attached hydrogens (tertiary/aromatic N) is 2. The molecule has 1 aliphatic rings. The molecule has 2 aromatic rings. The smallest absolute Gasteiger partial charge is 0.249 e. The summed E-state index contributed by atoms with van der Waals surface area (Å²) in [4.78, 5) is 19.4. The molecule has 0 bridgehead atoms. The van der Waals surface area contributed by atoms with E-state index in [2.05, 4.69) is 38.3 Å². The summed E-state index contributed by atoms with van der Waals surface area (Å²) >= 11 is 3.45. The molecule has 3 N–H and O–H groups in total. The van der Waals surface area contributed by atoms with Gasteiger partial charge in [-0.2, -0.15) is 0 Å². The number of guanidine groups is 1. The van der Waals surface area contributed by atoms with Crippen LogP contribution in [0.15, 0.2) is 64.1 Å². The van der Waals surface area contributed by atoms with Crippen molar-refractivity contribution in [2.24, 2.45) is 10.7 Å². The molecule has 0 radical (unpaired) electrons. The van der Waals surface area contributed by atoms with Gasteiger partial charge in [-0.05, 0) is 49.1 Å². The van der Waals surface area contributed by atoms with Crippen LogP contribution in [0.2, 0.25) is 0 Å². The van der Waals surface area contributed by atoms with Crippen molar-refractivity contribution in [3.05, 3.63) is 70.2 Å². The number of unbranched alkanes of at least 4 members (excludes halogenated alkanes) is 1. The van der Waals surface area contributed by atoms with Crippen molar-refractivity contribution < 1.29 is 4.79 Å². The van der Waals surface area contributed by atoms with Crippen LogP contribution in [0.25, 0.3) is 0 Å². The molecular formula is C21H25BrN4O. The predicted octanol–water partition coefficient (Wildman–Crippen LogP) is 3.43. The highest BCUT2D eigenvalue weighted by atomic mass is 79.9. The van der Waals surface area contributed by atoms with E-state index in [4.69, 9.17) is 10.7 Å². The fraction of sp³-hybridized carbons (Fsp3) is 0.333. The van der Waals surface area contributed by atoms with E-state index in [9.17, 15) is 4.79 Å². The number of carbonyl (C=O) groups is 1. The number of nitrogens with one attached hydrogen (secondary N) is 1. The van der Waals surface area contributed by atoms with Crippen LogP contribution >= 0.6 is 15.9 Å². The first-order valence-corrected chi connectivity index (χ1v) is 10.1. The minimum atomic E-state index is -0.194. The second-order valence-electron chi connectivity index (χ2n) is 6.67. The Balaban J connectivity index is 1.77. The van der Waals surface area contributed by atoms with E-state index in [0.29, 0.717) is 25.6 Å². The van der Waals surface area contributed by atoms with Gasteiger partial charge in [-0.15, -0.1) is 0 Å². The third-order valence-electron chi connectivity index (χ3n) is 4.64. The fourth-order valence-electron chi connectivity index (χ4n) is 3.17. The van der Waals surface area contributed by atoms with E-state index in [1.165, 1.54) is 0 Å². The molecule has 1 aliphatic heterocycles. The van der Waals surface area contributed by atoms with Gasteiger partial charge in [-0.3, -0.25) is 10.1 Å². The highest BCUT2D eigenvalue weighted by Gasteiger charge is 2.36. The van der Waals surface area contributed by atoms with Crippen LogP contribution < -0.4 is 11.1 Å². The third kappa shape index (κ3) is 5.40. The summed E-state index contributed by atoms with van der Waals surface area (Å²) < 4.78 is 1.04. The molecule has 3 rings (SSSR count). The molecule has 27 heavy (non-hydrogen) atoms. The molecule has 1 saturated heterocycles. The Morgan fingerprint density at radius 2 is 1.78 bits per heavy atom. The lowest BCUT2D eigenvalue weighted by Crippen LogP contribution is -2.35. The van der Waals surface area contributed by atoms with Gasteiger partial charge in [0.1, 0.15) is 6.04 Å². The van der Waals surface area contributed by atoms with Gasteiger partial charge >= 0.3 is 0 Å². The summed E-state index contributed by atoms with van der Waals surface area (Å²) in [5.74, 6) is 0.682. The lowest BCUT2D eigenvalue weighted by Gasteiger charge is -2.24. The summed E-state index contributed by atoms with van der Waals surface area (Å²) in [6, 6.07) is 18.1. The van der Waals surface area contributed by atoms with Crippen LogP contribution in [-0.4, -0.2) is 29.4 Å². The lowest BCUT2D eigenvalue weighted by molar-refractivity contribution is -0.121. The Morgan fingerprint density at radius 3 is 2.48 bits per heavy atom. The largest absolute Gasteiger partial charge is 0.330 e. The molecule has 1 heterocycles. The number of amides is 1. The first kappa shape index (κ1) is 19.6. The summed E-state index contributed by atoms with van der Waals surface area (Å²) in [6.07, 6.45) is 2.64. The van der Waals surface area contributed by atoms with Gasteiger partial charge in [0.25, 0.3) is 0 Å². The molecule has 142 valence electrons. The van der Waals surface area contributed by atoms with Crippen molar-refractivity contribution in [3.63, 3.8) is 0 Å². The van der Waals surface area contributed by atoms with E-state index in [-0.39, 0.29) is 11.9 Å². The van der Waals surface area contributed by atoms with Crippen LogP contribution in [0.1, 0.15) is 30.4 Å². The molecule has 1 amide bonds. The van der Waals surface area contributed by atoms with E-state index >= 15 is 0 Å². The average molecular weight is 429 g/mol. The number of carbonyl (C=O) groups excluding carboxylic acids is 1. The lowest BCUT2D eigenvalue weighted by atomic mass is 10.1. The average Bonchev–Trinajstić information content (AvgIpc) is 2.97. The van der Waals surface area contributed by atoms with Crippen molar-refractivity contribution in [2.75, 3.05) is 6.54 Å². The number of rotatable bonds is 8. The Bertz CT molecular complexity index is 777. The van der Waals surface area contributed by atoms with Crippen LogP contribution in [0.5, 0.6) is 0 Å². The molecule has 5 nitrogen and oxygen atoms in total. The molecule has 0 aromatic heterocycles. The maximum atomic E-state index is 12.6. The van der Waals surface area contributed by atoms with Gasteiger partial charge in [-0.1, -0.05) is 58.4 Å². The molecule has 0 spiro atoms. The number of hydrogen-bond acceptors (Lipinski definition) is 3. The van der Waals surface area contributed by atoms with Crippen molar-refractivity contribution in [2.45, 2.75) is 38.4 Å². The Hall–Kier alpha value is -2.18. The highest BCUT2D eigenvalue weighted by Crippen LogP contribution is 2.19. The van der Waals surface area contributed by atoms with E-state index < -0.39 is 0 Å². The number of halogens is 1. The third-order valence-corrected chi connectivity index (χ3v) is 5.17. The monoisotopic (exact) mass is 428 g/mol. The Labute approximate surface area is 168 Å². The van der Waals surface area contributed by atoms with Gasteiger partial charge in [0.05, 0.1) is 6.54 Å². The SMILES string of the molecule is NCCCC[C@H]1C(=O)NC(=NCc2ccc(Br)cc2)N1Cc1ccccc1. The van der Waals surface area contributed by atoms with E-state index in [1.54, 1.807) is 0 Å². The molecule has 2 aromatic carbocycles. The summed E-state index contributed by atoms with van der Waals surface area (Å²) in [7, 11) is 0. The van der Waals surface area contributed by atoms with E-state index in [1.807, 2.05) is 42.5 Å². The quantitative estimate of drug-likeness (QED) is 0.632. The van der Waals surface area contributed by atoms with Gasteiger partial charge in [0.2, 0.25) is 11.9 Å². The maximum absolute atomic E-state index is 12.6. The molecule has 0 unspecified atom stereocenters. The minimum absolute atomic E-state index is 0.0255. The topological polar surface area (TPSA) is 70.7 Å². The zero-order valence-corrected chi connectivity index (χ0v) is 16.9. The molecule has 1 atom stereocenters. The van der Waals surface area contributed by atoms with Gasteiger partial charge < -0.3 is 10.6 Å². The number of benzene rings is 2. The molecular weight excluding hydrogens is 404 g/mol. The second kappa shape index (κ2) is 9.67. The number of aliphatic imine (C=N–C) groups is 1. The maximum Gasteiger partial charge on any atom is 0.249 e. The summed E-state index contributed by atoms with van der Waals surface area (Å²) in [5.41, 5.74) is 7.88. The first-order chi connectivity index (χ1) is 13.2. The normalized spacial score (nSPS) is 18.1. The molecule has 1 fully saturated rings. The van der Waals surface area contributed by atoms with Gasteiger partial charge in [0.15, 0.2) is 0 Å². The van der Waals surface area contributed by atoms with Crippen LogP contribution in [0, 0.1) is 0 Å². The second-order valence-corrected chi connectivity index (χ2v) is 7.58. The van der Waals surface area contributed by atoms with Crippen LogP contribution in [-0.2, 0) is 17.9 Å². The molecule has 6 heteroatoms. The fourth-order valence-corrected chi connectivity index (χ4v) is 3.44. The van der Waals surface area contributed by atoms with Gasteiger partial charge in [0, 0.05) is 11.0 Å². The standard InChI is InChI=1S/C21H25BrN4O/c22-18-11-9-16(10-12-18)14-24-21-25-20(27)19(8-4-5-13-23)26(21)15-17-6-2-1-3-7-17/h1-3,6-7,9-12,19H,4-5,8,13-15,23H2,(H,24,25,27)/t19-/m0/s1. The van der Waals surface area contributed by atoms with Crippen LogP contribution in [0.3, 0.4) is 0 Å². The van der Waals surface area contributed by atoms with Crippen molar-refractivity contribution >= 4 is 27.8 Å². The predicted molar refractivity (Wildman–Crippen MR) is 112 cm³/mol. The van der Waals surface area contributed by atoms with Crippen molar-refractivity contribution in [1.29, 1.82) is 0 Å². The Morgan fingerprint density at radius 1 is 1.04 bits per heavy atom. The number of hydrogen-bond donors (Lipinski definition) is 2. The number of nitrogens with two attached hydrogens (primary N) is 1. The zero-order chi connectivity index (χ0) is 19.1. The molecule has 0 aliphatic carbocycles.